The molecule has 2 N–H and O–H groups in total. The number of hydrogen-bond donors (Lipinski definition) is 2. The fraction of sp³-hybridized carbons (Fsp3) is 0.545. The number of hydrogen-bond acceptors (Lipinski definition) is 4. The lowest BCUT2D eigenvalue weighted by atomic mass is 10.1. The molecule has 0 aliphatic heterocycles. The van der Waals surface area contributed by atoms with Gasteiger partial charge in [0.05, 0.1) is 12.1 Å². The van der Waals surface area contributed by atoms with E-state index in [1.165, 1.54) is 13.8 Å². The average Bonchev–Trinajstić information content (AvgIpc) is 2.20. The number of aryl methyl sites for hydroxylation is 1. The molecule has 1 aromatic rings. The second-order valence-corrected chi connectivity index (χ2v) is 4.30. The Labute approximate surface area is 107 Å². The Morgan fingerprint density at radius 2 is 1.95 bits per heavy atom. The first-order chi connectivity index (χ1) is 8.61. The molecule has 0 saturated carbocycles. The molecule has 1 unspecified atom stereocenters. The van der Waals surface area contributed by atoms with Crippen molar-refractivity contribution in [3.8, 4) is 0 Å². The minimum atomic E-state index is -4.33. The number of aromatic nitrogens is 2. The van der Waals surface area contributed by atoms with Crippen molar-refractivity contribution in [2.24, 2.45) is 0 Å². The van der Waals surface area contributed by atoms with Gasteiger partial charge in [-0.15, -0.1) is 5.10 Å². The predicted octanol–water partition coefficient (Wildman–Crippen LogP) is 2.54. The summed E-state index contributed by atoms with van der Waals surface area (Å²) in [6, 6.07) is -0.991. The molecule has 0 fully saturated rings. The number of nitrogens with zero attached hydrogens (tertiary/aromatic N) is 2. The van der Waals surface area contributed by atoms with Crippen molar-refractivity contribution in [2.75, 3.05) is 5.32 Å². The van der Waals surface area contributed by atoms with Crippen molar-refractivity contribution in [1.29, 1.82) is 0 Å². The summed E-state index contributed by atoms with van der Waals surface area (Å²) in [5, 5.41) is 18.9. The summed E-state index contributed by atoms with van der Waals surface area (Å²) >= 11 is 0. The third kappa shape index (κ3) is 4.08. The number of aromatic carboxylic acids is 1. The third-order valence-corrected chi connectivity index (χ3v) is 2.59. The first-order valence-corrected chi connectivity index (χ1v) is 5.52. The van der Waals surface area contributed by atoms with Crippen LogP contribution in [0.5, 0.6) is 0 Å². The van der Waals surface area contributed by atoms with Crippen LogP contribution in [-0.2, 0) is 0 Å². The first-order valence-electron chi connectivity index (χ1n) is 5.52. The van der Waals surface area contributed by atoms with E-state index < -0.39 is 24.6 Å². The highest BCUT2D eigenvalue weighted by Gasteiger charge is 2.31. The molecular formula is C11H14F3N3O2. The molecule has 0 amide bonds. The highest BCUT2D eigenvalue weighted by Crippen LogP contribution is 2.24. The molecule has 0 radical (unpaired) electrons. The van der Waals surface area contributed by atoms with E-state index in [2.05, 4.69) is 15.5 Å². The van der Waals surface area contributed by atoms with E-state index in [1.807, 2.05) is 0 Å². The molecule has 0 aliphatic carbocycles. The van der Waals surface area contributed by atoms with E-state index in [0.717, 1.165) is 0 Å². The molecule has 1 rings (SSSR count). The summed E-state index contributed by atoms with van der Waals surface area (Å²) in [6.07, 6.45) is -5.41. The molecule has 106 valence electrons. The van der Waals surface area contributed by atoms with E-state index in [1.54, 1.807) is 6.92 Å². The molecule has 8 heteroatoms. The predicted molar refractivity (Wildman–Crippen MR) is 62.2 cm³/mol. The van der Waals surface area contributed by atoms with E-state index in [-0.39, 0.29) is 11.4 Å². The number of alkyl halides is 3. The molecule has 5 nitrogen and oxygen atoms in total. The average molecular weight is 277 g/mol. The Bertz CT molecular complexity index is 489. The molecule has 1 heterocycles. The maximum Gasteiger partial charge on any atom is 0.391 e. The molecule has 0 bridgehead atoms. The minimum absolute atomic E-state index is 0.146. The van der Waals surface area contributed by atoms with Crippen LogP contribution in [0.1, 0.15) is 35.0 Å². The van der Waals surface area contributed by atoms with Gasteiger partial charge >= 0.3 is 12.1 Å². The lowest BCUT2D eigenvalue weighted by molar-refractivity contribution is -0.136. The van der Waals surface area contributed by atoms with Crippen LogP contribution in [-0.4, -0.2) is 33.5 Å². The number of anilines is 1. The lowest BCUT2D eigenvalue weighted by Gasteiger charge is -2.18. The molecule has 0 spiro atoms. The van der Waals surface area contributed by atoms with Crippen LogP contribution in [0.15, 0.2) is 0 Å². The van der Waals surface area contributed by atoms with Gasteiger partial charge in [0.25, 0.3) is 0 Å². The number of carboxylic acids is 1. The van der Waals surface area contributed by atoms with Crippen molar-refractivity contribution >= 4 is 11.8 Å². The first kappa shape index (κ1) is 15.2. The largest absolute Gasteiger partial charge is 0.478 e. The van der Waals surface area contributed by atoms with Gasteiger partial charge in [-0.2, -0.15) is 18.3 Å². The zero-order valence-electron chi connectivity index (χ0n) is 10.7. The van der Waals surface area contributed by atoms with E-state index >= 15 is 0 Å². The second kappa shape index (κ2) is 5.41. The summed E-state index contributed by atoms with van der Waals surface area (Å²) in [5.41, 5.74) is 0.650. The normalized spacial score (nSPS) is 13.2. The summed E-state index contributed by atoms with van der Waals surface area (Å²) in [6.45, 7) is 4.42. The fourth-order valence-electron chi connectivity index (χ4n) is 1.60. The Balaban J connectivity index is 3.02. The van der Waals surface area contributed by atoms with Gasteiger partial charge in [0, 0.05) is 6.04 Å². The van der Waals surface area contributed by atoms with Crippen LogP contribution >= 0.6 is 0 Å². The summed E-state index contributed by atoms with van der Waals surface area (Å²) in [4.78, 5) is 11.1. The zero-order chi connectivity index (χ0) is 14.8. The van der Waals surface area contributed by atoms with Crippen molar-refractivity contribution in [1.82, 2.24) is 10.2 Å². The molecular weight excluding hydrogens is 263 g/mol. The van der Waals surface area contributed by atoms with E-state index in [9.17, 15) is 18.0 Å². The Morgan fingerprint density at radius 1 is 1.37 bits per heavy atom. The van der Waals surface area contributed by atoms with Gasteiger partial charge in [-0.1, -0.05) is 0 Å². The SMILES string of the molecule is Cc1nnc(NC(C)CC(F)(F)F)c(C(=O)O)c1C. The van der Waals surface area contributed by atoms with Gasteiger partial charge in [0.1, 0.15) is 5.56 Å². The number of halogens is 3. The van der Waals surface area contributed by atoms with Gasteiger partial charge in [0.2, 0.25) is 0 Å². The van der Waals surface area contributed by atoms with Gasteiger partial charge < -0.3 is 10.4 Å². The van der Waals surface area contributed by atoms with Crippen molar-refractivity contribution in [2.45, 2.75) is 39.4 Å². The Hall–Kier alpha value is -1.86. The number of carboxylic acid groups (broad SMARTS) is 1. The quantitative estimate of drug-likeness (QED) is 0.884. The number of nitrogens with one attached hydrogen (secondary N) is 1. The molecule has 1 atom stereocenters. The molecule has 0 aromatic carbocycles. The van der Waals surface area contributed by atoms with Crippen LogP contribution in [0.4, 0.5) is 19.0 Å². The van der Waals surface area contributed by atoms with Crippen LogP contribution in [0.2, 0.25) is 0 Å². The molecule has 19 heavy (non-hydrogen) atoms. The van der Waals surface area contributed by atoms with Gasteiger partial charge in [-0.3, -0.25) is 0 Å². The molecule has 0 saturated heterocycles. The molecule has 0 aliphatic rings. The van der Waals surface area contributed by atoms with Crippen LogP contribution in [0.3, 0.4) is 0 Å². The number of rotatable bonds is 4. The van der Waals surface area contributed by atoms with Gasteiger partial charge in [-0.25, -0.2) is 4.79 Å². The van der Waals surface area contributed by atoms with Crippen molar-refractivity contribution < 1.29 is 23.1 Å². The second-order valence-electron chi connectivity index (χ2n) is 4.30. The van der Waals surface area contributed by atoms with Gasteiger partial charge in [-0.05, 0) is 26.3 Å². The van der Waals surface area contributed by atoms with E-state index in [0.29, 0.717) is 11.3 Å². The van der Waals surface area contributed by atoms with Crippen molar-refractivity contribution in [3.05, 3.63) is 16.8 Å². The number of carbonyl (C=O) groups is 1. The highest BCUT2D eigenvalue weighted by molar-refractivity contribution is 5.94. The highest BCUT2D eigenvalue weighted by atomic mass is 19.4. The Kier molecular flexibility index (Phi) is 4.33. The summed E-state index contributed by atoms with van der Waals surface area (Å²) in [7, 11) is 0. The maximum atomic E-state index is 12.2. The monoisotopic (exact) mass is 277 g/mol. The Morgan fingerprint density at radius 3 is 2.42 bits per heavy atom. The maximum absolute atomic E-state index is 12.2. The van der Waals surface area contributed by atoms with E-state index in [4.69, 9.17) is 5.11 Å². The minimum Gasteiger partial charge on any atom is -0.478 e. The summed E-state index contributed by atoms with van der Waals surface area (Å²) in [5.74, 6) is -1.40. The topological polar surface area (TPSA) is 75.1 Å². The summed E-state index contributed by atoms with van der Waals surface area (Å²) < 4.78 is 36.7. The smallest absolute Gasteiger partial charge is 0.391 e. The van der Waals surface area contributed by atoms with Crippen LogP contribution in [0, 0.1) is 13.8 Å². The third-order valence-electron chi connectivity index (χ3n) is 2.59. The fourth-order valence-corrected chi connectivity index (χ4v) is 1.60. The van der Waals surface area contributed by atoms with Crippen molar-refractivity contribution in [3.63, 3.8) is 0 Å². The molecule has 1 aromatic heterocycles. The lowest BCUT2D eigenvalue weighted by Crippen LogP contribution is -2.26. The zero-order valence-corrected chi connectivity index (χ0v) is 10.7. The standard InChI is InChI=1S/C11H14F3N3O2/c1-5(4-11(12,13)14)15-9-8(10(18)19)6(2)7(3)16-17-9/h5H,4H2,1-3H3,(H,15,17)(H,18,19). The van der Waals surface area contributed by atoms with Gasteiger partial charge in [0.15, 0.2) is 5.82 Å². The van der Waals surface area contributed by atoms with Crippen LogP contribution in [0.25, 0.3) is 0 Å². The van der Waals surface area contributed by atoms with Crippen LogP contribution < -0.4 is 5.32 Å².